The largest absolute Gasteiger partial charge is 0.400 e. The van der Waals surface area contributed by atoms with Gasteiger partial charge in [-0.2, -0.15) is 26.3 Å². The second kappa shape index (κ2) is 3.53. The van der Waals surface area contributed by atoms with Crippen molar-refractivity contribution in [3.8, 4) is 0 Å². The van der Waals surface area contributed by atoms with Crippen LogP contribution in [-0.4, -0.2) is 12.4 Å². The minimum absolute atomic E-state index is 0.135. The van der Waals surface area contributed by atoms with E-state index in [-0.39, 0.29) is 6.42 Å². The van der Waals surface area contributed by atoms with E-state index in [1.165, 1.54) is 6.92 Å². The fourth-order valence-electron chi connectivity index (χ4n) is 0.802. The van der Waals surface area contributed by atoms with E-state index in [4.69, 9.17) is 0 Å². The molecule has 0 aliphatic heterocycles. The van der Waals surface area contributed by atoms with Crippen LogP contribution in [0.25, 0.3) is 0 Å². The van der Waals surface area contributed by atoms with Crippen LogP contribution in [0, 0.1) is 5.92 Å². The first kappa shape index (κ1) is 11.6. The molecule has 0 aliphatic rings. The van der Waals surface area contributed by atoms with E-state index >= 15 is 0 Å². The van der Waals surface area contributed by atoms with Crippen molar-refractivity contribution in [2.24, 2.45) is 5.92 Å². The van der Waals surface area contributed by atoms with E-state index in [2.05, 4.69) is 0 Å². The van der Waals surface area contributed by atoms with Crippen LogP contribution in [0.3, 0.4) is 0 Å². The Morgan fingerprint density at radius 1 is 0.917 bits per heavy atom. The molecule has 12 heavy (non-hydrogen) atoms. The molecule has 0 fully saturated rings. The van der Waals surface area contributed by atoms with E-state index in [1.807, 2.05) is 0 Å². The number of hydrogen-bond donors (Lipinski definition) is 0. The highest BCUT2D eigenvalue weighted by Crippen LogP contribution is 2.41. The Hall–Kier alpha value is -0.420. The highest BCUT2D eigenvalue weighted by atomic mass is 19.4. The number of rotatable bonds is 2. The Bertz CT molecular complexity index is 118. The number of alkyl halides is 6. The van der Waals surface area contributed by atoms with Crippen LogP contribution in [0.1, 0.15) is 19.8 Å². The van der Waals surface area contributed by atoms with Gasteiger partial charge in [0.15, 0.2) is 5.92 Å². The third kappa shape index (κ3) is 3.32. The molecule has 0 bridgehead atoms. The van der Waals surface area contributed by atoms with Crippen molar-refractivity contribution in [2.75, 3.05) is 0 Å². The molecule has 0 amide bonds. The first-order valence-electron chi connectivity index (χ1n) is 3.33. The summed E-state index contributed by atoms with van der Waals surface area (Å²) in [5.74, 6) is -3.17. The number of halogens is 6. The summed E-state index contributed by atoms with van der Waals surface area (Å²) in [5.41, 5.74) is 0. The molecule has 0 aromatic heterocycles. The van der Waals surface area contributed by atoms with Crippen LogP contribution < -0.4 is 0 Å². The topological polar surface area (TPSA) is 0 Å². The zero-order valence-corrected chi connectivity index (χ0v) is 6.26. The van der Waals surface area contributed by atoms with Gasteiger partial charge in [-0.05, 0) is 6.42 Å². The molecule has 0 spiro atoms. The van der Waals surface area contributed by atoms with Crippen LogP contribution in [0.4, 0.5) is 26.3 Å². The summed E-state index contributed by atoms with van der Waals surface area (Å²) >= 11 is 0. The average molecular weight is 194 g/mol. The minimum Gasteiger partial charge on any atom is -0.170 e. The third-order valence-electron chi connectivity index (χ3n) is 1.37. The van der Waals surface area contributed by atoms with Gasteiger partial charge in [0.05, 0.1) is 0 Å². The summed E-state index contributed by atoms with van der Waals surface area (Å²) in [7, 11) is 0. The quantitative estimate of drug-likeness (QED) is 0.590. The van der Waals surface area contributed by atoms with Gasteiger partial charge in [0.2, 0.25) is 0 Å². The summed E-state index contributed by atoms with van der Waals surface area (Å²) in [6.07, 6.45) is -11.4. The molecule has 6 heteroatoms. The Labute approximate surface area is 65.6 Å². The van der Waals surface area contributed by atoms with Crippen molar-refractivity contribution in [3.63, 3.8) is 0 Å². The summed E-state index contributed by atoms with van der Waals surface area (Å²) < 4.78 is 70.1. The van der Waals surface area contributed by atoms with Crippen LogP contribution in [-0.2, 0) is 0 Å². The van der Waals surface area contributed by atoms with Crippen molar-refractivity contribution < 1.29 is 26.3 Å². The summed E-state index contributed by atoms with van der Waals surface area (Å²) in [5, 5.41) is 0. The normalized spacial score (nSPS) is 14.0. The zero-order chi connectivity index (χ0) is 9.99. The van der Waals surface area contributed by atoms with Gasteiger partial charge in [0.25, 0.3) is 0 Å². The van der Waals surface area contributed by atoms with Gasteiger partial charge in [-0.15, -0.1) is 0 Å². The standard InChI is InChI=1S/C6H8F6/c1-2-3-4(5(7,8)9)6(10,11)12/h4H,2-3H2,1H3. The van der Waals surface area contributed by atoms with Crippen molar-refractivity contribution in [1.29, 1.82) is 0 Å². The van der Waals surface area contributed by atoms with Crippen LogP contribution in [0.15, 0.2) is 0 Å². The van der Waals surface area contributed by atoms with Gasteiger partial charge in [-0.1, -0.05) is 13.3 Å². The maximum atomic E-state index is 11.7. The second-order valence-electron chi connectivity index (χ2n) is 2.42. The predicted octanol–water partition coefficient (Wildman–Crippen LogP) is 3.53. The van der Waals surface area contributed by atoms with Crippen LogP contribution in [0.2, 0.25) is 0 Å². The van der Waals surface area contributed by atoms with E-state index in [0.29, 0.717) is 0 Å². The van der Waals surface area contributed by atoms with Crippen molar-refractivity contribution in [2.45, 2.75) is 32.1 Å². The average Bonchev–Trinajstić information content (AvgIpc) is 1.77. The monoisotopic (exact) mass is 194 g/mol. The smallest absolute Gasteiger partial charge is 0.170 e. The summed E-state index contributed by atoms with van der Waals surface area (Å²) in [6, 6.07) is 0. The predicted molar refractivity (Wildman–Crippen MR) is 30.5 cm³/mol. The van der Waals surface area contributed by atoms with Gasteiger partial charge in [0, 0.05) is 0 Å². The Morgan fingerprint density at radius 2 is 1.25 bits per heavy atom. The molecule has 0 rings (SSSR count). The van der Waals surface area contributed by atoms with Crippen LogP contribution in [0.5, 0.6) is 0 Å². The van der Waals surface area contributed by atoms with E-state index < -0.39 is 24.7 Å². The maximum Gasteiger partial charge on any atom is 0.400 e. The van der Waals surface area contributed by atoms with Gasteiger partial charge < -0.3 is 0 Å². The lowest BCUT2D eigenvalue weighted by Gasteiger charge is -2.21. The molecule has 0 nitrogen and oxygen atoms in total. The van der Waals surface area contributed by atoms with Crippen molar-refractivity contribution in [1.82, 2.24) is 0 Å². The molecule has 0 aliphatic carbocycles. The Kier molecular flexibility index (Phi) is 3.41. The molecule has 0 unspecified atom stereocenters. The molecule has 0 atom stereocenters. The van der Waals surface area contributed by atoms with Gasteiger partial charge >= 0.3 is 12.4 Å². The minimum atomic E-state index is -5.17. The SMILES string of the molecule is CCCC(C(F)(F)F)C(F)(F)F. The Morgan fingerprint density at radius 3 is 1.33 bits per heavy atom. The first-order chi connectivity index (χ1) is 5.19. The zero-order valence-electron chi connectivity index (χ0n) is 6.26. The van der Waals surface area contributed by atoms with Gasteiger partial charge in [-0.3, -0.25) is 0 Å². The molecule has 0 N–H and O–H groups in total. The molecule has 0 radical (unpaired) electrons. The fourth-order valence-corrected chi connectivity index (χ4v) is 0.802. The molecule has 0 saturated carbocycles. The second-order valence-corrected chi connectivity index (χ2v) is 2.42. The molecule has 0 aromatic carbocycles. The lowest BCUT2D eigenvalue weighted by Crippen LogP contribution is -2.36. The molecule has 0 saturated heterocycles. The molecular formula is C6H8F6. The first-order valence-corrected chi connectivity index (χ1v) is 3.33. The fraction of sp³-hybridized carbons (Fsp3) is 1.00. The molecular weight excluding hydrogens is 186 g/mol. The molecule has 0 aromatic rings. The highest BCUT2D eigenvalue weighted by molar-refractivity contribution is 4.74. The van der Waals surface area contributed by atoms with Crippen LogP contribution >= 0.6 is 0 Å². The van der Waals surface area contributed by atoms with E-state index in [9.17, 15) is 26.3 Å². The van der Waals surface area contributed by atoms with Crippen molar-refractivity contribution in [3.05, 3.63) is 0 Å². The molecule has 0 heterocycles. The molecule has 74 valence electrons. The lowest BCUT2D eigenvalue weighted by molar-refractivity contribution is -0.285. The lowest BCUT2D eigenvalue weighted by atomic mass is 10.0. The summed E-state index contributed by atoms with van der Waals surface area (Å²) in [6.45, 7) is 1.28. The van der Waals surface area contributed by atoms with E-state index in [1.54, 1.807) is 0 Å². The van der Waals surface area contributed by atoms with Gasteiger partial charge in [0.1, 0.15) is 0 Å². The van der Waals surface area contributed by atoms with E-state index in [0.717, 1.165) is 0 Å². The van der Waals surface area contributed by atoms with Crippen molar-refractivity contribution >= 4 is 0 Å². The summed E-state index contributed by atoms with van der Waals surface area (Å²) in [4.78, 5) is 0. The maximum absolute atomic E-state index is 11.7. The third-order valence-corrected chi connectivity index (χ3v) is 1.37. The van der Waals surface area contributed by atoms with Gasteiger partial charge in [-0.25, -0.2) is 0 Å². The number of hydrogen-bond acceptors (Lipinski definition) is 0. The highest BCUT2D eigenvalue weighted by Gasteiger charge is 2.55. The Balaban J connectivity index is 4.45.